The number of aryl methyl sites for hydroxylation is 2. The maximum atomic E-state index is 11.6. The van der Waals surface area contributed by atoms with Crippen molar-refractivity contribution in [1.29, 1.82) is 0 Å². The molecular weight excluding hydrogens is 230 g/mol. The first-order chi connectivity index (χ1) is 6.91. The third kappa shape index (κ3) is 3.36. The summed E-state index contributed by atoms with van der Waals surface area (Å²) in [5, 5.41) is 2.49. The van der Waals surface area contributed by atoms with Crippen LogP contribution >= 0.6 is 12.4 Å². The van der Waals surface area contributed by atoms with Crippen LogP contribution < -0.4 is 16.6 Å². The first-order valence-corrected chi connectivity index (χ1v) is 4.65. The van der Waals surface area contributed by atoms with Gasteiger partial charge in [0.15, 0.2) is 0 Å². The molecule has 1 rings (SSSR count). The highest BCUT2D eigenvalue weighted by molar-refractivity contribution is 5.94. The van der Waals surface area contributed by atoms with E-state index in [9.17, 15) is 9.59 Å². The summed E-state index contributed by atoms with van der Waals surface area (Å²) in [6.07, 6.45) is 1.70. The zero-order chi connectivity index (χ0) is 11.6. The molecule has 1 aromatic heterocycles. The summed E-state index contributed by atoms with van der Waals surface area (Å²) in [4.78, 5) is 22.9. The van der Waals surface area contributed by atoms with Crippen molar-refractivity contribution in [2.24, 2.45) is 12.8 Å². The fraction of sp³-hybridized carbons (Fsp3) is 0.400. The van der Waals surface area contributed by atoms with E-state index in [2.05, 4.69) is 5.32 Å². The van der Waals surface area contributed by atoms with Gasteiger partial charge in [-0.2, -0.15) is 0 Å². The monoisotopic (exact) mass is 245 g/mol. The summed E-state index contributed by atoms with van der Waals surface area (Å²) in [5.74, 6) is -0.363. The van der Waals surface area contributed by atoms with E-state index in [1.807, 2.05) is 6.92 Å². The van der Waals surface area contributed by atoms with Gasteiger partial charge in [-0.3, -0.25) is 9.59 Å². The van der Waals surface area contributed by atoms with Crippen LogP contribution in [-0.2, 0) is 11.8 Å². The maximum Gasteiger partial charge on any atom is 0.274 e. The van der Waals surface area contributed by atoms with Crippen molar-refractivity contribution >= 4 is 24.0 Å². The van der Waals surface area contributed by atoms with Crippen molar-refractivity contribution in [2.45, 2.75) is 19.9 Å². The summed E-state index contributed by atoms with van der Waals surface area (Å²) in [5.41, 5.74) is 6.31. The zero-order valence-corrected chi connectivity index (χ0v) is 10.3. The van der Waals surface area contributed by atoms with Gasteiger partial charge in [0.1, 0.15) is 5.69 Å². The van der Waals surface area contributed by atoms with Gasteiger partial charge in [-0.05, 0) is 25.5 Å². The van der Waals surface area contributed by atoms with Crippen molar-refractivity contribution in [3.63, 3.8) is 0 Å². The number of halogens is 1. The lowest BCUT2D eigenvalue weighted by molar-refractivity contribution is -0.117. The van der Waals surface area contributed by atoms with Crippen LogP contribution in [0.2, 0.25) is 0 Å². The van der Waals surface area contributed by atoms with E-state index in [1.165, 1.54) is 4.57 Å². The van der Waals surface area contributed by atoms with Gasteiger partial charge in [0.25, 0.3) is 5.56 Å². The highest BCUT2D eigenvalue weighted by atomic mass is 35.5. The van der Waals surface area contributed by atoms with Crippen LogP contribution in [-0.4, -0.2) is 16.5 Å². The minimum absolute atomic E-state index is 0. The van der Waals surface area contributed by atoms with Crippen LogP contribution in [0.3, 0.4) is 0 Å². The van der Waals surface area contributed by atoms with Gasteiger partial charge in [0.05, 0.1) is 6.04 Å². The zero-order valence-electron chi connectivity index (χ0n) is 9.48. The molecule has 5 nitrogen and oxygen atoms in total. The van der Waals surface area contributed by atoms with Crippen LogP contribution in [0, 0.1) is 6.92 Å². The first-order valence-electron chi connectivity index (χ1n) is 4.65. The van der Waals surface area contributed by atoms with Gasteiger partial charge in [-0.15, -0.1) is 12.4 Å². The Morgan fingerprint density at radius 1 is 1.56 bits per heavy atom. The number of carbonyl (C=O) groups excluding carboxylic acids is 1. The van der Waals surface area contributed by atoms with Crippen LogP contribution in [0.5, 0.6) is 0 Å². The molecule has 90 valence electrons. The summed E-state index contributed by atoms with van der Waals surface area (Å²) in [6, 6.07) is 0.998. The third-order valence-corrected chi connectivity index (χ3v) is 1.99. The van der Waals surface area contributed by atoms with Crippen LogP contribution in [0.1, 0.15) is 12.5 Å². The SMILES string of the molecule is Cc1cc(NC(=O)[C@@H](C)N)c(=O)n(C)c1.Cl. The number of hydrogen-bond donors (Lipinski definition) is 2. The highest BCUT2D eigenvalue weighted by Gasteiger charge is 2.10. The molecule has 0 radical (unpaired) electrons. The van der Waals surface area contributed by atoms with Crippen LogP contribution in [0.4, 0.5) is 5.69 Å². The highest BCUT2D eigenvalue weighted by Crippen LogP contribution is 2.03. The summed E-state index contributed by atoms with van der Waals surface area (Å²) >= 11 is 0. The first kappa shape index (κ1) is 14.7. The van der Waals surface area contributed by atoms with Crippen molar-refractivity contribution in [2.75, 3.05) is 5.32 Å². The number of nitrogens with two attached hydrogens (primary N) is 1. The molecule has 0 aromatic carbocycles. The average molecular weight is 246 g/mol. The second-order valence-corrected chi connectivity index (χ2v) is 3.63. The molecule has 0 unspecified atom stereocenters. The van der Waals surface area contributed by atoms with Crippen molar-refractivity contribution in [3.8, 4) is 0 Å². The number of nitrogens with zero attached hydrogens (tertiary/aromatic N) is 1. The molecule has 0 aliphatic rings. The Bertz CT molecular complexity index is 440. The van der Waals surface area contributed by atoms with E-state index in [0.29, 0.717) is 0 Å². The van der Waals surface area contributed by atoms with E-state index in [0.717, 1.165) is 5.56 Å². The van der Waals surface area contributed by atoms with E-state index < -0.39 is 6.04 Å². The number of anilines is 1. The number of hydrogen-bond acceptors (Lipinski definition) is 3. The second-order valence-electron chi connectivity index (χ2n) is 3.63. The smallest absolute Gasteiger partial charge is 0.274 e. The Morgan fingerprint density at radius 2 is 2.12 bits per heavy atom. The lowest BCUT2D eigenvalue weighted by Crippen LogP contribution is -2.35. The molecule has 0 saturated heterocycles. The van der Waals surface area contributed by atoms with Gasteiger partial charge in [0.2, 0.25) is 5.91 Å². The van der Waals surface area contributed by atoms with E-state index in [-0.39, 0.29) is 29.6 Å². The molecule has 3 N–H and O–H groups in total. The quantitative estimate of drug-likeness (QED) is 0.792. The number of carbonyl (C=O) groups is 1. The molecule has 0 saturated carbocycles. The fourth-order valence-electron chi connectivity index (χ4n) is 1.22. The normalized spacial score (nSPS) is 11.5. The Kier molecular flexibility index (Phi) is 5.20. The Labute approximate surface area is 100 Å². The number of pyridine rings is 1. The van der Waals surface area contributed by atoms with Crippen LogP contribution in [0.15, 0.2) is 17.1 Å². The number of nitrogens with one attached hydrogen (secondary N) is 1. The second kappa shape index (κ2) is 5.67. The van der Waals surface area contributed by atoms with E-state index >= 15 is 0 Å². The molecule has 6 heteroatoms. The summed E-state index contributed by atoms with van der Waals surface area (Å²) in [6.45, 7) is 3.41. The molecule has 1 heterocycles. The molecule has 1 amide bonds. The summed E-state index contributed by atoms with van der Waals surface area (Å²) in [7, 11) is 1.64. The molecule has 1 aromatic rings. The van der Waals surface area contributed by atoms with Crippen molar-refractivity contribution in [1.82, 2.24) is 4.57 Å². The summed E-state index contributed by atoms with van der Waals surface area (Å²) < 4.78 is 1.42. The van der Waals surface area contributed by atoms with Gasteiger partial charge in [-0.25, -0.2) is 0 Å². The topological polar surface area (TPSA) is 77.1 Å². The lowest BCUT2D eigenvalue weighted by Gasteiger charge is -2.09. The molecule has 0 aliphatic heterocycles. The van der Waals surface area contributed by atoms with Gasteiger partial charge < -0.3 is 15.6 Å². The number of amides is 1. The van der Waals surface area contributed by atoms with Gasteiger partial charge in [0, 0.05) is 13.2 Å². The molecular formula is C10H16ClN3O2. The molecule has 0 fully saturated rings. The molecule has 1 atom stereocenters. The predicted octanol–water partition coefficient (Wildman–Crippen LogP) is 0.401. The van der Waals surface area contributed by atoms with Gasteiger partial charge >= 0.3 is 0 Å². The molecule has 0 aliphatic carbocycles. The van der Waals surface area contributed by atoms with Gasteiger partial charge in [-0.1, -0.05) is 0 Å². The maximum absolute atomic E-state index is 11.6. The van der Waals surface area contributed by atoms with Crippen LogP contribution in [0.25, 0.3) is 0 Å². The standard InChI is InChI=1S/C10H15N3O2.ClH/c1-6-4-8(10(15)13(3)5-6)12-9(14)7(2)11;/h4-5,7H,11H2,1-3H3,(H,12,14);1H/t7-;/m1./s1. The van der Waals surface area contributed by atoms with E-state index in [4.69, 9.17) is 5.73 Å². The third-order valence-electron chi connectivity index (χ3n) is 1.99. The fourth-order valence-corrected chi connectivity index (χ4v) is 1.22. The molecule has 16 heavy (non-hydrogen) atoms. The average Bonchev–Trinajstić information content (AvgIpc) is 2.13. The minimum Gasteiger partial charge on any atom is -0.320 e. The Morgan fingerprint density at radius 3 is 2.62 bits per heavy atom. The predicted molar refractivity (Wildman–Crippen MR) is 65.9 cm³/mol. The van der Waals surface area contributed by atoms with E-state index in [1.54, 1.807) is 26.2 Å². The number of aromatic nitrogens is 1. The molecule has 0 bridgehead atoms. The Hall–Kier alpha value is -1.33. The molecule has 0 spiro atoms. The largest absolute Gasteiger partial charge is 0.320 e. The Balaban J connectivity index is 0.00000225. The van der Waals surface area contributed by atoms with Crippen molar-refractivity contribution in [3.05, 3.63) is 28.2 Å². The lowest BCUT2D eigenvalue weighted by atomic mass is 10.2. The minimum atomic E-state index is -0.629. The number of rotatable bonds is 2. The van der Waals surface area contributed by atoms with Crippen molar-refractivity contribution < 1.29 is 4.79 Å².